The Morgan fingerprint density at radius 1 is 1.62 bits per heavy atom. The van der Waals surface area contributed by atoms with Crippen LogP contribution in [0.4, 0.5) is 0 Å². The van der Waals surface area contributed by atoms with Gasteiger partial charge in [0.15, 0.2) is 0 Å². The van der Waals surface area contributed by atoms with Gasteiger partial charge in [0.1, 0.15) is 4.90 Å². The molecule has 0 unspecified atom stereocenters. The molecule has 0 bridgehead atoms. The lowest BCUT2D eigenvalue weighted by Gasteiger charge is -2.04. The molecule has 1 rings (SSSR count). The fourth-order valence-electron chi connectivity index (χ4n) is 1.16. The molecular formula is C8H14N4O3S. The lowest BCUT2D eigenvalue weighted by Crippen LogP contribution is -2.26. The Hall–Kier alpha value is -1.41. The third-order valence-corrected chi connectivity index (χ3v) is 3.54. The molecule has 90 valence electrons. The number of rotatable bonds is 6. The zero-order valence-corrected chi connectivity index (χ0v) is 9.67. The predicted molar refractivity (Wildman–Crippen MR) is 56.9 cm³/mol. The van der Waals surface area contributed by atoms with Gasteiger partial charge in [0.05, 0.1) is 11.9 Å². The molecule has 0 aliphatic rings. The number of nitrogens with zero attached hydrogens (tertiary/aromatic N) is 1. The van der Waals surface area contributed by atoms with E-state index >= 15 is 0 Å². The van der Waals surface area contributed by atoms with Crippen LogP contribution in [0.1, 0.15) is 18.5 Å². The summed E-state index contributed by atoms with van der Waals surface area (Å²) in [6.07, 6.45) is 1.78. The number of hydrogen-bond donors (Lipinski definition) is 3. The summed E-state index contributed by atoms with van der Waals surface area (Å²) >= 11 is 0. The second kappa shape index (κ2) is 5.08. The van der Waals surface area contributed by atoms with Crippen LogP contribution < -0.4 is 10.5 Å². The molecule has 1 aromatic rings. The molecule has 1 amide bonds. The van der Waals surface area contributed by atoms with E-state index in [0.29, 0.717) is 12.1 Å². The third kappa shape index (κ3) is 3.31. The summed E-state index contributed by atoms with van der Waals surface area (Å²) in [6.45, 7) is 1.79. The van der Waals surface area contributed by atoms with Gasteiger partial charge in [0.25, 0.3) is 0 Å². The summed E-state index contributed by atoms with van der Waals surface area (Å²) in [5.74, 6) is -0.446. The van der Waals surface area contributed by atoms with Gasteiger partial charge in [-0.3, -0.25) is 9.89 Å². The van der Waals surface area contributed by atoms with Gasteiger partial charge in [0.2, 0.25) is 15.9 Å². The number of hydrogen-bond acceptors (Lipinski definition) is 4. The normalized spacial score (nSPS) is 11.6. The molecule has 0 fully saturated rings. The van der Waals surface area contributed by atoms with Gasteiger partial charge in [0, 0.05) is 13.0 Å². The van der Waals surface area contributed by atoms with E-state index in [9.17, 15) is 13.2 Å². The first-order chi connectivity index (χ1) is 7.43. The van der Waals surface area contributed by atoms with Crippen molar-refractivity contribution in [1.29, 1.82) is 0 Å². The van der Waals surface area contributed by atoms with E-state index in [-0.39, 0.29) is 17.9 Å². The Labute approximate surface area is 93.5 Å². The SMILES string of the molecule is Cc1[nH]ncc1S(=O)(=O)NCCCC(N)=O. The maximum Gasteiger partial charge on any atom is 0.243 e. The molecule has 8 heteroatoms. The number of aromatic nitrogens is 2. The molecule has 0 atom stereocenters. The molecule has 4 N–H and O–H groups in total. The summed E-state index contributed by atoms with van der Waals surface area (Å²) in [5.41, 5.74) is 5.40. The smallest absolute Gasteiger partial charge is 0.243 e. The zero-order chi connectivity index (χ0) is 12.2. The average Bonchev–Trinajstić information content (AvgIpc) is 2.59. The van der Waals surface area contributed by atoms with Crippen LogP contribution in [0, 0.1) is 6.92 Å². The van der Waals surface area contributed by atoms with Crippen LogP contribution in [-0.4, -0.2) is 31.1 Å². The number of amides is 1. The van der Waals surface area contributed by atoms with E-state index < -0.39 is 15.9 Å². The van der Waals surface area contributed by atoms with Crippen molar-refractivity contribution in [3.8, 4) is 0 Å². The number of nitrogens with two attached hydrogens (primary N) is 1. The van der Waals surface area contributed by atoms with Crippen LogP contribution >= 0.6 is 0 Å². The van der Waals surface area contributed by atoms with E-state index in [0.717, 1.165) is 0 Å². The fourth-order valence-corrected chi connectivity index (χ4v) is 2.37. The molecule has 0 saturated carbocycles. The van der Waals surface area contributed by atoms with Crippen LogP contribution in [0.5, 0.6) is 0 Å². The van der Waals surface area contributed by atoms with Crippen molar-refractivity contribution in [2.75, 3.05) is 6.54 Å². The van der Waals surface area contributed by atoms with Crippen molar-refractivity contribution in [2.45, 2.75) is 24.7 Å². The van der Waals surface area contributed by atoms with Crippen molar-refractivity contribution in [1.82, 2.24) is 14.9 Å². The summed E-state index contributed by atoms with van der Waals surface area (Å²) in [6, 6.07) is 0. The van der Waals surface area contributed by atoms with Crippen LogP contribution in [0.15, 0.2) is 11.1 Å². The second-order valence-corrected chi connectivity index (χ2v) is 5.06. The number of aromatic amines is 1. The van der Waals surface area contributed by atoms with Crippen LogP contribution in [-0.2, 0) is 14.8 Å². The summed E-state index contributed by atoms with van der Waals surface area (Å²) in [5, 5.41) is 6.17. The lowest BCUT2D eigenvalue weighted by molar-refractivity contribution is -0.118. The van der Waals surface area contributed by atoms with Gasteiger partial charge in [-0.15, -0.1) is 0 Å². The van der Waals surface area contributed by atoms with E-state index in [1.54, 1.807) is 6.92 Å². The van der Waals surface area contributed by atoms with Gasteiger partial charge in [-0.25, -0.2) is 13.1 Å². The molecule has 0 saturated heterocycles. The quantitative estimate of drug-likeness (QED) is 0.573. The van der Waals surface area contributed by atoms with E-state index in [2.05, 4.69) is 14.9 Å². The molecule has 1 heterocycles. The third-order valence-electron chi connectivity index (χ3n) is 1.97. The number of carbonyl (C=O) groups excluding carboxylic acids is 1. The first kappa shape index (κ1) is 12.7. The van der Waals surface area contributed by atoms with Crippen molar-refractivity contribution in [3.63, 3.8) is 0 Å². The van der Waals surface area contributed by atoms with E-state index in [1.807, 2.05) is 0 Å². The van der Waals surface area contributed by atoms with Crippen molar-refractivity contribution in [3.05, 3.63) is 11.9 Å². The highest BCUT2D eigenvalue weighted by atomic mass is 32.2. The maximum absolute atomic E-state index is 11.7. The highest BCUT2D eigenvalue weighted by molar-refractivity contribution is 7.89. The van der Waals surface area contributed by atoms with Gasteiger partial charge in [-0.05, 0) is 13.3 Å². The Kier molecular flexibility index (Phi) is 4.02. The average molecular weight is 246 g/mol. The maximum atomic E-state index is 11.7. The first-order valence-electron chi connectivity index (χ1n) is 4.71. The minimum absolute atomic E-state index is 0.117. The highest BCUT2D eigenvalue weighted by Gasteiger charge is 2.17. The van der Waals surface area contributed by atoms with E-state index in [1.165, 1.54) is 6.20 Å². The Morgan fingerprint density at radius 3 is 2.81 bits per heavy atom. The van der Waals surface area contributed by atoms with Gasteiger partial charge in [-0.1, -0.05) is 0 Å². The number of carbonyl (C=O) groups is 1. The molecule has 7 nitrogen and oxygen atoms in total. The topological polar surface area (TPSA) is 118 Å². The number of primary amides is 1. The first-order valence-corrected chi connectivity index (χ1v) is 6.20. The molecule has 1 aromatic heterocycles. The Balaban J connectivity index is 2.54. The van der Waals surface area contributed by atoms with E-state index in [4.69, 9.17) is 5.73 Å². The molecule has 0 spiro atoms. The molecule has 16 heavy (non-hydrogen) atoms. The predicted octanol–water partition coefficient (Wildman–Crippen LogP) is -0.738. The van der Waals surface area contributed by atoms with Gasteiger partial charge in [-0.2, -0.15) is 5.10 Å². The van der Waals surface area contributed by atoms with Gasteiger partial charge < -0.3 is 5.73 Å². The largest absolute Gasteiger partial charge is 0.370 e. The Bertz CT molecular complexity index is 465. The second-order valence-electron chi connectivity index (χ2n) is 3.33. The fraction of sp³-hybridized carbons (Fsp3) is 0.500. The van der Waals surface area contributed by atoms with Crippen LogP contribution in [0.2, 0.25) is 0 Å². The monoisotopic (exact) mass is 246 g/mol. The van der Waals surface area contributed by atoms with Crippen LogP contribution in [0.25, 0.3) is 0 Å². The van der Waals surface area contributed by atoms with Crippen molar-refractivity contribution >= 4 is 15.9 Å². The molecule has 0 radical (unpaired) electrons. The summed E-state index contributed by atoms with van der Waals surface area (Å²) in [7, 11) is -3.54. The number of H-pyrrole nitrogens is 1. The lowest BCUT2D eigenvalue weighted by atomic mass is 10.3. The molecule has 0 aliphatic heterocycles. The van der Waals surface area contributed by atoms with Crippen molar-refractivity contribution < 1.29 is 13.2 Å². The standard InChI is InChI=1S/C8H14N4O3S/c1-6-7(5-10-12-6)16(14,15)11-4-2-3-8(9)13/h5,11H,2-4H2,1H3,(H2,9,13)(H,10,12). The minimum atomic E-state index is -3.54. The molecule has 0 aliphatic carbocycles. The minimum Gasteiger partial charge on any atom is -0.370 e. The highest BCUT2D eigenvalue weighted by Crippen LogP contribution is 2.10. The Morgan fingerprint density at radius 2 is 2.31 bits per heavy atom. The summed E-state index contributed by atoms with van der Waals surface area (Å²) < 4.78 is 25.7. The molecule has 0 aromatic carbocycles. The summed E-state index contributed by atoms with van der Waals surface area (Å²) in [4.78, 5) is 10.6. The van der Waals surface area contributed by atoms with Crippen LogP contribution in [0.3, 0.4) is 0 Å². The van der Waals surface area contributed by atoms with Gasteiger partial charge >= 0.3 is 0 Å². The number of aryl methyl sites for hydroxylation is 1. The number of sulfonamides is 1. The number of nitrogens with one attached hydrogen (secondary N) is 2. The molecular weight excluding hydrogens is 232 g/mol. The van der Waals surface area contributed by atoms with Crippen molar-refractivity contribution in [2.24, 2.45) is 5.73 Å². The zero-order valence-electron chi connectivity index (χ0n) is 8.86.